The summed E-state index contributed by atoms with van der Waals surface area (Å²) < 4.78 is 25.8. The van der Waals surface area contributed by atoms with Crippen LogP contribution < -0.4 is 4.74 Å². The minimum atomic E-state index is -1.42. The molecule has 5 nitrogen and oxygen atoms in total. The third-order valence-electron chi connectivity index (χ3n) is 5.65. The van der Waals surface area contributed by atoms with E-state index in [-0.39, 0.29) is 6.09 Å². The van der Waals surface area contributed by atoms with Crippen LogP contribution in [0, 0.1) is 0 Å². The van der Waals surface area contributed by atoms with Gasteiger partial charge in [-0.3, -0.25) is 4.90 Å². The number of methoxy groups -OCH3 is 2. The molecular weight excluding hydrogens is 359 g/mol. The Bertz CT molecular complexity index is 642. The van der Waals surface area contributed by atoms with Gasteiger partial charge in [0, 0.05) is 42.8 Å². The van der Waals surface area contributed by atoms with Gasteiger partial charge in [0.15, 0.2) is 0 Å². The van der Waals surface area contributed by atoms with E-state index in [0.29, 0.717) is 61.4 Å². The van der Waals surface area contributed by atoms with E-state index in [9.17, 15) is 4.79 Å². The van der Waals surface area contributed by atoms with Crippen molar-refractivity contribution in [3.05, 3.63) is 28.8 Å². The fraction of sp³-hybridized carbons (Fsp3) is 0.632. The molecule has 7 heteroatoms. The maximum atomic E-state index is 15.7. The van der Waals surface area contributed by atoms with Gasteiger partial charge in [-0.1, -0.05) is 11.6 Å². The quantitative estimate of drug-likeness (QED) is 0.794. The fourth-order valence-electron chi connectivity index (χ4n) is 4.09. The molecule has 1 aromatic rings. The second-order valence-electron chi connectivity index (χ2n) is 7.03. The number of benzene rings is 1. The van der Waals surface area contributed by atoms with E-state index in [1.165, 1.54) is 7.11 Å². The SMILES string of the molecule is COC(=O)N1CCC(N2CCC(F)(c3cc(Cl)ccc3OC)CC2)CC1. The van der Waals surface area contributed by atoms with Crippen molar-refractivity contribution in [1.29, 1.82) is 0 Å². The topological polar surface area (TPSA) is 42.0 Å². The maximum absolute atomic E-state index is 15.7. The molecule has 0 aromatic heterocycles. The van der Waals surface area contributed by atoms with Gasteiger partial charge in [-0.15, -0.1) is 0 Å². The molecule has 26 heavy (non-hydrogen) atoms. The van der Waals surface area contributed by atoms with Crippen molar-refractivity contribution < 1.29 is 18.7 Å². The molecule has 2 saturated heterocycles. The van der Waals surface area contributed by atoms with Crippen molar-refractivity contribution in [2.24, 2.45) is 0 Å². The molecule has 1 amide bonds. The van der Waals surface area contributed by atoms with Gasteiger partial charge < -0.3 is 14.4 Å². The van der Waals surface area contributed by atoms with Crippen molar-refractivity contribution in [2.75, 3.05) is 40.4 Å². The molecule has 0 bridgehead atoms. The van der Waals surface area contributed by atoms with E-state index in [0.717, 1.165) is 12.8 Å². The van der Waals surface area contributed by atoms with Gasteiger partial charge in [-0.25, -0.2) is 9.18 Å². The van der Waals surface area contributed by atoms with Gasteiger partial charge in [0.1, 0.15) is 11.4 Å². The average Bonchev–Trinajstić information content (AvgIpc) is 2.68. The number of amides is 1. The first-order valence-corrected chi connectivity index (χ1v) is 9.44. The van der Waals surface area contributed by atoms with E-state index in [4.69, 9.17) is 21.1 Å². The number of carbonyl (C=O) groups excluding carboxylic acids is 1. The van der Waals surface area contributed by atoms with Crippen molar-refractivity contribution in [3.8, 4) is 5.75 Å². The molecule has 2 aliphatic heterocycles. The Kier molecular flexibility index (Phi) is 5.92. The predicted molar refractivity (Wildman–Crippen MR) is 98.6 cm³/mol. The van der Waals surface area contributed by atoms with Crippen molar-refractivity contribution in [1.82, 2.24) is 9.80 Å². The van der Waals surface area contributed by atoms with Crippen LogP contribution in [0.2, 0.25) is 5.02 Å². The molecule has 0 saturated carbocycles. The van der Waals surface area contributed by atoms with Crippen LogP contribution in [0.5, 0.6) is 5.75 Å². The highest BCUT2D eigenvalue weighted by Gasteiger charge is 2.40. The Hall–Kier alpha value is -1.53. The number of hydrogen-bond donors (Lipinski definition) is 0. The zero-order valence-corrected chi connectivity index (χ0v) is 16.1. The van der Waals surface area contributed by atoms with Gasteiger partial charge in [-0.05, 0) is 43.9 Å². The zero-order valence-electron chi connectivity index (χ0n) is 15.3. The van der Waals surface area contributed by atoms with Gasteiger partial charge >= 0.3 is 6.09 Å². The van der Waals surface area contributed by atoms with Gasteiger partial charge in [-0.2, -0.15) is 0 Å². The third-order valence-corrected chi connectivity index (χ3v) is 5.88. The molecule has 0 atom stereocenters. The predicted octanol–water partition coefficient (Wildman–Crippen LogP) is 3.84. The normalized spacial score (nSPS) is 21.5. The van der Waals surface area contributed by atoms with Crippen molar-refractivity contribution in [3.63, 3.8) is 0 Å². The zero-order chi connectivity index (χ0) is 18.7. The van der Waals surface area contributed by atoms with E-state index >= 15 is 4.39 Å². The summed E-state index contributed by atoms with van der Waals surface area (Å²) in [6.45, 7) is 2.76. The summed E-state index contributed by atoms with van der Waals surface area (Å²) >= 11 is 6.08. The van der Waals surface area contributed by atoms with E-state index < -0.39 is 5.67 Å². The molecule has 2 heterocycles. The molecule has 0 unspecified atom stereocenters. The molecule has 2 aliphatic rings. The first kappa shape index (κ1) is 19.2. The number of likely N-dealkylation sites (tertiary alicyclic amines) is 2. The second-order valence-corrected chi connectivity index (χ2v) is 7.47. The van der Waals surface area contributed by atoms with Crippen LogP contribution in [-0.4, -0.2) is 62.3 Å². The summed E-state index contributed by atoms with van der Waals surface area (Å²) in [5.41, 5.74) is -0.868. The molecule has 3 rings (SSSR count). The number of piperidine rings is 2. The largest absolute Gasteiger partial charge is 0.496 e. The smallest absolute Gasteiger partial charge is 0.409 e. The Morgan fingerprint density at radius 1 is 1.19 bits per heavy atom. The molecule has 0 N–H and O–H groups in total. The van der Waals surface area contributed by atoms with Crippen LogP contribution in [0.25, 0.3) is 0 Å². The van der Waals surface area contributed by atoms with E-state index in [1.54, 1.807) is 30.2 Å². The highest BCUT2D eigenvalue weighted by Crippen LogP contribution is 2.43. The first-order valence-electron chi connectivity index (χ1n) is 9.07. The summed E-state index contributed by atoms with van der Waals surface area (Å²) in [6.07, 6.45) is 2.36. The Morgan fingerprint density at radius 3 is 2.42 bits per heavy atom. The molecule has 144 valence electrons. The lowest BCUT2D eigenvalue weighted by Crippen LogP contribution is -2.50. The second kappa shape index (κ2) is 8.01. The van der Waals surface area contributed by atoms with Crippen LogP contribution >= 0.6 is 11.6 Å². The molecule has 0 spiro atoms. The number of nitrogens with zero attached hydrogens (tertiary/aromatic N) is 2. The van der Waals surface area contributed by atoms with Crippen molar-refractivity contribution in [2.45, 2.75) is 37.4 Å². The van der Waals surface area contributed by atoms with Gasteiger partial charge in [0.2, 0.25) is 0 Å². The molecule has 2 fully saturated rings. The third kappa shape index (κ3) is 3.91. The summed E-state index contributed by atoms with van der Waals surface area (Å²) in [5.74, 6) is 0.553. The maximum Gasteiger partial charge on any atom is 0.409 e. The highest BCUT2D eigenvalue weighted by atomic mass is 35.5. The lowest BCUT2D eigenvalue weighted by Gasteiger charge is -2.43. The lowest BCUT2D eigenvalue weighted by molar-refractivity contribution is 0.0169. The number of carbonyl (C=O) groups is 1. The van der Waals surface area contributed by atoms with E-state index in [2.05, 4.69) is 4.90 Å². The average molecular weight is 385 g/mol. The summed E-state index contributed by atoms with van der Waals surface area (Å²) in [4.78, 5) is 15.7. The van der Waals surface area contributed by atoms with E-state index in [1.807, 2.05) is 0 Å². The van der Waals surface area contributed by atoms with Gasteiger partial charge in [0.05, 0.1) is 14.2 Å². The minimum Gasteiger partial charge on any atom is -0.496 e. The van der Waals surface area contributed by atoms with Crippen LogP contribution in [0.4, 0.5) is 9.18 Å². The summed E-state index contributed by atoms with van der Waals surface area (Å²) in [5, 5.41) is 0.524. The van der Waals surface area contributed by atoms with Gasteiger partial charge in [0.25, 0.3) is 0 Å². The number of rotatable bonds is 3. The summed E-state index contributed by atoms with van der Waals surface area (Å²) in [6, 6.07) is 5.53. The highest BCUT2D eigenvalue weighted by molar-refractivity contribution is 6.30. The van der Waals surface area contributed by atoms with Crippen LogP contribution in [-0.2, 0) is 10.4 Å². The number of halogens is 2. The van der Waals surface area contributed by atoms with Crippen LogP contribution in [0.15, 0.2) is 18.2 Å². The van der Waals surface area contributed by atoms with Crippen LogP contribution in [0.3, 0.4) is 0 Å². The monoisotopic (exact) mass is 384 g/mol. The van der Waals surface area contributed by atoms with Crippen LogP contribution in [0.1, 0.15) is 31.2 Å². The number of ether oxygens (including phenoxy) is 2. The summed E-state index contributed by atoms with van der Waals surface area (Å²) in [7, 11) is 2.96. The Morgan fingerprint density at radius 2 is 1.85 bits per heavy atom. The number of hydrogen-bond acceptors (Lipinski definition) is 4. The first-order chi connectivity index (χ1) is 12.5. The Labute approximate surface area is 159 Å². The molecule has 1 aromatic carbocycles. The fourth-order valence-corrected chi connectivity index (χ4v) is 4.26. The molecule has 0 radical (unpaired) electrons. The van der Waals surface area contributed by atoms with Crippen molar-refractivity contribution >= 4 is 17.7 Å². The lowest BCUT2D eigenvalue weighted by atomic mass is 9.84. The minimum absolute atomic E-state index is 0.266. The molecular formula is C19H26ClFN2O3. The standard InChI is InChI=1S/C19H26ClFN2O3/c1-25-17-4-3-14(20)13-16(17)19(21)7-11-22(12-8-19)15-5-9-23(10-6-15)18(24)26-2/h3-4,13,15H,5-12H2,1-2H3. The molecule has 0 aliphatic carbocycles. The number of alkyl halides is 1. The Balaban J connectivity index is 1.61.